The molecule has 1 aliphatic rings. The summed E-state index contributed by atoms with van der Waals surface area (Å²) in [7, 11) is 1.56. The first-order chi connectivity index (χ1) is 15.9. The zero-order valence-corrected chi connectivity index (χ0v) is 20.4. The van der Waals surface area contributed by atoms with Crippen molar-refractivity contribution < 1.29 is 14.3 Å². The Morgan fingerprint density at radius 3 is 2.58 bits per heavy atom. The van der Waals surface area contributed by atoms with Crippen LogP contribution in [0.2, 0.25) is 15.1 Å². The molecule has 0 aliphatic carbocycles. The van der Waals surface area contributed by atoms with Crippen LogP contribution in [-0.2, 0) is 11.4 Å². The van der Waals surface area contributed by atoms with Crippen LogP contribution in [0.4, 0.5) is 5.69 Å². The molecule has 3 aromatic carbocycles. The monoisotopic (exact) mass is 518 g/mol. The molecule has 1 fully saturated rings. The van der Waals surface area contributed by atoms with Gasteiger partial charge in [-0.15, -0.1) is 0 Å². The van der Waals surface area contributed by atoms with E-state index in [1.54, 1.807) is 43.5 Å². The standard InChI is InChI=1S/C24H17Cl3N2O3S/c1-31-20-11-14(9-10-19(20)32-13-15-5-2-3-6-16(15)25)12-21-23(30)29-24(33-21)28-18-8-4-7-17(26)22(18)27/h2-12H,13H2,1H3,(H,28,29,30)/b21-12+. The maximum absolute atomic E-state index is 12.4. The number of thioether (sulfide) groups is 1. The lowest BCUT2D eigenvalue weighted by Gasteiger charge is -2.12. The van der Waals surface area contributed by atoms with E-state index in [0.29, 0.717) is 48.9 Å². The van der Waals surface area contributed by atoms with Crippen LogP contribution in [0.3, 0.4) is 0 Å². The maximum atomic E-state index is 12.4. The summed E-state index contributed by atoms with van der Waals surface area (Å²) < 4.78 is 11.4. The van der Waals surface area contributed by atoms with Crippen molar-refractivity contribution in [2.75, 3.05) is 7.11 Å². The number of carbonyl (C=O) groups is 1. The van der Waals surface area contributed by atoms with Gasteiger partial charge < -0.3 is 14.8 Å². The van der Waals surface area contributed by atoms with Crippen LogP contribution in [-0.4, -0.2) is 18.2 Å². The van der Waals surface area contributed by atoms with E-state index >= 15 is 0 Å². The molecule has 0 aromatic heterocycles. The van der Waals surface area contributed by atoms with Crippen LogP contribution in [0.1, 0.15) is 11.1 Å². The van der Waals surface area contributed by atoms with Gasteiger partial charge in [-0.1, -0.05) is 65.1 Å². The summed E-state index contributed by atoms with van der Waals surface area (Å²) in [5.74, 6) is 0.857. The van der Waals surface area contributed by atoms with Gasteiger partial charge in [0.05, 0.1) is 27.7 Å². The van der Waals surface area contributed by atoms with Gasteiger partial charge in [-0.3, -0.25) is 4.79 Å². The normalized spacial score (nSPS) is 15.7. The van der Waals surface area contributed by atoms with Crippen molar-refractivity contribution in [3.8, 4) is 11.5 Å². The van der Waals surface area contributed by atoms with Crippen LogP contribution in [0.15, 0.2) is 70.6 Å². The molecule has 1 N–H and O–H groups in total. The zero-order chi connectivity index (χ0) is 23.4. The van der Waals surface area contributed by atoms with Crippen molar-refractivity contribution in [3.63, 3.8) is 0 Å². The molecule has 1 aliphatic heterocycles. The number of ether oxygens (including phenoxy) is 2. The predicted molar refractivity (Wildman–Crippen MR) is 136 cm³/mol. The molecule has 168 valence electrons. The fourth-order valence-corrected chi connectivity index (χ4v) is 4.35. The van der Waals surface area contributed by atoms with Gasteiger partial charge in [-0.2, -0.15) is 0 Å². The summed E-state index contributed by atoms with van der Waals surface area (Å²) in [6.07, 6.45) is 1.75. The molecule has 0 saturated carbocycles. The Labute approximate surface area is 210 Å². The lowest BCUT2D eigenvalue weighted by atomic mass is 10.2. The average Bonchev–Trinajstić information content (AvgIpc) is 3.15. The van der Waals surface area contributed by atoms with E-state index in [2.05, 4.69) is 10.3 Å². The summed E-state index contributed by atoms with van der Waals surface area (Å²) in [6, 6.07) is 18.1. The average molecular weight is 520 g/mol. The number of carbonyl (C=O) groups excluding carboxylic acids is 1. The smallest absolute Gasteiger partial charge is 0.264 e. The van der Waals surface area contributed by atoms with E-state index in [1.807, 2.05) is 30.3 Å². The summed E-state index contributed by atoms with van der Waals surface area (Å²) in [6.45, 7) is 0.306. The molecule has 0 atom stereocenters. The highest BCUT2D eigenvalue weighted by atomic mass is 35.5. The molecule has 0 unspecified atom stereocenters. The Morgan fingerprint density at radius 1 is 1.00 bits per heavy atom. The molecule has 1 amide bonds. The van der Waals surface area contributed by atoms with E-state index in [1.165, 1.54) is 11.8 Å². The SMILES string of the molecule is COc1cc(/C=C2/SC(=Nc3cccc(Cl)c3Cl)NC2=O)ccc1OCc1ccccc1Cl. The number of aliphatic imine (C=N–C) groups is 1. The molecule has 1 saturated heterocycles. The highest BCUT2D eigenvalue weighted by Gasteiger charge is 2.24. The zero-order valence-electron chi connectivity index (χ0n) is 17.3. The maximum Gasteiger partial charge on any atom is 0.264 e. The predicted octanol–water partition coefficient (Wildman–Crippen LogP) is 7.13. The van der Waals surface area contributed by atoms with Crippen molar-refractivity contribution >= 4 is 69.4 Å². The van der Waals surface area contributed by atoms with E-state index in [-0.39, 0.29) is 5.91 Å². The number of rotatable bonds is 6. The van der Waals surface area contributed by atoms with E-state index < -0.39 is 0 Å². The Hall–Kier alpha value is -2.64. The number of hydrogen-bond donors (Lipinski definition) is 1. The Kier molecular flexibility index (Phi) is 7.50. The summed E-state index contributed by atoms with van der Waals surface area (Å²) >= 11 is 19.6. The second-order valence-electron chi connectivity index (χ2n) is 6.85. The minimum atomic E-state index is -0.255. The number of nitrogens with zero attached hydrogens (tertiary/aromatic N) is 1. The third-order valence-electron chi connectivity index (χ3n) is 4.63. The summed E-state index contributed by atoms with van der Waals surface area (Å²) in [5, 5.41) is 4.52. The second kappa shape index (κ2) is 10.5. The van der Waals surface area contributed by atoms with Crippen LogP contribution in [0.5, 0.6) is 11.5 Å². The molecule has 4 rings (SSSR count). The number of nitrogens with one attached hydrogen (secondary N) is 1. The van der Waals surface area contributed by atoms with Crippen molar-refractivity contribution in [2.24, 2.45) is 4.99 Å². The van der Waals surface area contributed by atoms with Crippen molar-refractivity contribution in [2.45, 2.75) is 6.61 Å². The van der Waals surface area contributed by atoms with Crippen molar-refractivity contribution in [1.29, 1.82) is 0 Å². The van der Waals surface area contributed by atoms with E-state index in [0.717, 1.165) is 11.1 Å². The number of halogens is 3. The third-order valence-corrected chi connectivity index (χ3v) is 6.72. The number of amidine groups is 1. The molecular weight excluding hydrogens is 503 g/mol. The van der Waals surface area contributed by atoms with Gasteiger partial charge in [0, 0.05) is 10.6 Å². The molecule has 33 heavy (non-hydrogen) atoms. The van der Waals surface area contributed by atoms with E-state index in [4.69, 9.17) is 44.3 Å². The molecule has 3 aromatic rings. The van der Waals surface area contributed by atoms with Gasteiger partial charge in [0.15, 0.2) is 16.7 Å². The van der Waals surface area contributed by atoms with Crippen molar-refractivity contribution in [3.05, 3.63) is 91.8 Å². The van der Waals surface area contributed by atoms with E-state index in [9.17, 15) is 4.79 Å². The molecule has 1 heterocycles. The summed E-state index contributed by atoms with van der Waals surface area (Å²) in [5.41, 5.74) is 2.13. The number of methoxy groups -OCH3 is 1. The summed E-state index contributed by atoms with van der Waals surface area (Å²) in [4.78, 5) is 17.3. The molecule has 0 bridgehead atoms. The molecule has 0 radical (unpaired) electrons. The minimum absolute atomic E-state index is 0.255. The first-order valence-electron chi connectivity index (χ1n) is 9.72. The van der Waals surface area contributed by atoms with Gasteiger partial charge in [-0.25, -0.2) is 4.99 Å². The van der Waals surface area contributed by atoms with Gasteiger partial charge in [0.1, 0.15) is 6.61 Å². The topological polar surface area (TPSA) is 59.9 Å². The van der Waals surface area contributed by atoms with Crippen LogP contribution in [0.25, 0.3) is 6.08 Å². The van der Waals surface area contributed by atoms with Crippen molar-refractivity contribution in [1.82, 2.24) is 5.32 Å². The molecule has 5 nitrogen and oxygen atoms in total. The highest BCUT2D eigenvalue weighted by Crippen LogP contribution is 2.35. The molecule has 9 heteroatoms. The first kappa shape index (κ1) is 23.5. The number of amides is 1. The van der Waals surface area contributed by atoms with Crippen LogP contribution in [0, 0.1) is 0 Å². The van der Waals surface area contributed by atoms with Gasteiger partial charge in [-0.05, 0) is 53.7 Å². The van der Waals surface area contributed by atoms with Crippen LogP contribution < -0.4 is 14.8 Å². The largest absolute Gasteiger partial charge is 0.493 e. The highest BCUT2D eigenvalue weighted by molar-refractivity contribution is 8.18. The first-order valence-corrected chi connectivity index (χ1v) is 11.7. The quantitative estimate of drug-likeness (QED) is 0.352. The Bertz CT molecular complexity index is 1280. The Morgan fingerprint density at radius 2 is 1.79 bits per heavy atom. The lowest BCUT2D eigenvalue weighted by molar-refractivity contribution is -0.115. The molecule has 0 spiro atoms. The van der Waals surface area contributed by atoms with Gasteiger partial charge >= 0.3 is 0 Å². The van der Waals surface area contributed by atoms with Gasteiger partial charge in [0.25, 0.3) is 5.91 Å². The number of hydrogen-bond acceptors (Lipinski definition) is 5. The minimum Gasteiger partial charge on any atom is -0.493 e. The van der Waals surface area contributed by atoms with Crippen LogP contribution >= 0.6 is 46.6 Å². The fraction of sp³-hybridized carbons (Fsp3) is 0.0833. The lowest BCUT2D eigenvalue weighted by Crippen LogP contribution is -2.19. The fourth-order valence-electron chi connectivity index (χ4n) is 2.98. The Balaban J connectivity index is 1.51. The van der Waals surface area contributed by atoms with Gasteiger partial charge in [0.2, 0.25) is 0 Å². The third kappa shape index (κ3) is 5.65. The second-order valence-corrected chi connectivity index (χ2v) is 9.07. The number of benzene rings is 3. The molecular formula is C24H17Cl3N2O3S.